The second-order valence-corrected chi connectivity index (χ2v) is 4.44. The van der Waals surface area contributed by atoms with Gasteiger partial charge in [0, 0.05) is 35.2 Å². The summed E-state index contributed by atoms with van der Waals surface area (Å²) in [6.45, 7) is 2.56. The van der Waals surface area contributed by atoms with Gasteiger partial charge in [-0.3, -0.25) is 4.79 Å². The highest BCUT2D eigenvalue weighted by Crippen LogP contribution is 2.17. The fourth-order valence-corrected chi connectivity index (χ4v) is 2.14. The lowest BCUT2D eigenvalue weighted by molar-refractivity contribution is 0.0938. The Morgan fingerprint density at radius 1 is 1.44 bits per heavy atom. The maximum absolute atomic E-state index is 12.2. The molecule has 0 spiro atoms. The number of carbonyl (C=O) groups excluding carboxylic acids is 1. The summed E-state index contributed by atoms with van der Waals surface area (Å²) >= 11 is 0. The lowest BCUT2D eigenvalue weighted by Crippen LogP contribution is -2.40. The minimum atomic E-state index is -0.0518. The molecular weight excluding hydrogens is 226 g/mol. The van der Waals surface area contributed by atoms with Crippen LogP contribution in [-0.2, 0) is 0 Å². The van der Waals surface area contributed by atoms with Crippen molar-refractivity contribution in [1.82, 2.24) is 10.3 Å². The van der Waals surface area contributed by atoms with E-state index in [-0.39, 0.29) is 11.9 Å². The van der Waals surface area contributed by atoms with E-state index in [1.54, 1.807) is 0 Å². The van der Waals surface area contributed by atoms with Crippen molar-refractivity contribution in [1.29, 1.82) is 0 Å². The van der Waals surface area contributed by atoms with Gasteiger partial charge in [-0.1, -0.05) is 19.4 Å². The monoisotopic (exact) mass is 245 g/mol. The molecule has 1 heterocycles. The molecule has 4 heteroatoms. The molecule has 1 amide bonds. The number of hydrogen-bond donors (Lipinski definition) is 3. The molecule has 0 fully saturated rings. The average Bonchev–Trinajstić information content (AvgIpc) is 2.85. The van der Waals surface area contributed by atoms with Crippen molar-refractivity contribution in [2.24, 2.45) is 5.73 Å². The zero-order valence-electron chi connectivity index (χ0n) is 10.6. The number of amides is 1. The van der Waals surface area contributed by atoms with Gasteiger partial charge in [0.25, 0.3) is 5.91 Å². The summed E-state index contributed by atoms with van der Waals surface area (Å²) in [7, 11) is 0. The molecule has 18 heavy (non-hydrogen) atoms. The second kappa shape index (κ2) is 5.69. The summed E-state index contributed by atoms with van der Waals surface area (Å²) in [5.41, 5.74) is 7.33. The number of H-pyrrole nitrogens is 1. The predicted molar refractivity (Wildman–Crippen MR) is 73.5 cm³/mol. The predicted octanol–water partition coefficient (Wildman–Crippen LogP) is 2.03. The van der Waals surface area contributed by atoms with Crippen LogP contribution in [0.25, 0.3) is 10.9 Å². The molecule has 1 aromatic carbocycles. The number of nitrogens with one attached hydrogen (secondary N) is 2. The number of hydrogen-bond acceptors (Lipinski definition) is 2. The van der Waals surface area contributed by atoms with Gasteiger partial charge in [-0.25, -0.2) is 0 Å². The molecule has 96 valence electrons. The summed E-state index contributed by atoms with van der Waals surface area (Å²) < 4.78 is 0. The van der Waals surface area contributed by atoms with Crippen LogP contribution in [0.3, 0.4) is 0 Å². The molecule has 0 bridgehead atoms. The van der Waals surface area contributed by atoms with Crippen molar-refractivity contribution in [2.45, 2.75) is 25.8 Å². The first-order valence-corrected chi connectivity index (χ1v) is 6.33. The molecule has 4 nitrogen and oxygen atoms in total. The number of nitrogens with two attached hydrogens (primary N) is 1. The minimum absolute atomic E-state index is 0.0518. The molecule has 1 unspecified atom stereocenters. The lowest BCUT2D eigenvalue weighted by Gasteiger charge is -2.16. The van der Waals surface area contributed by atoms with Crippen molar-refractivity contribution >= 4 is 16.8 Å². The summed E-state index contributed by atoms with van der Waals surface area (Å²) in [6.07, 6.45) is 3.76. The van der Waals surface area contributed by atoms with Gasteiger partial charge in [0.05, 0.1) is 0 Å². The molecule has 0 aliphatic heterocycles. The smallest absolute Gasteiger partial charge is 0.252 e. The van der Waals surface area contributed by atoms with Crippen molar-refractivity contribution in [3.05, 3.63) is 36.0 Å². The Morgan fingerprint density at radius 3 is 3.00 bits per heavy atom. The fourth-order valence-electron chi connectivity index (χ4n) is 2.14. The van der Waals surface area contributed by atoms with Crippen LogP contribution in [0.1, 0.15) is 30.1 Å². The van der Waals surface area contributed by atoms with E-state index < -0.39 is 0 Å². The third-order valence-corrected chi connectivity index (χ3v) is 3.10. The Hall–Kier alpha value is -1.81. The molecule has 0 aliphatic rings. The molecule has 0 saturated carbocycles. The minimum Gasteiger partial charge on any atom is -0.361 e. The number of carbonyl (C=O) groups is 1. The first-order valence-electron chi connectivity index (χ1n) is 6.33. The first kappa shape index (κ1) is 12.6. The topological polar surface area (TPSA) is 70.9 Å². The third-order valence-electron chi connectivity index (χ3n) is 3.10. The van der Waals surface area contributed by atoms with E-state index >= 15 is 0 Å². The fraction of sp³-hybridized carbons (Fsp3) is 0.357. The standard InChI is InChI=1S/C14H19N3O/c1-2-4-10(9-15)17-14(18)12-5-3-6-13-11(12)7-8-16-13/h3,5-8,10,16H,2,4,9,15H2,1H3,(H,17,18). The van der Waals surface area contributed by atoms with Gasteiger partial charge in [0.15, 0.2) is 0 Å². The van der Waals surface area contributed by atoms with Gasteiger partial charge in [-0.05, 0) is 24.6 Å². The van der Waals surface area contributed by atoms with Crippen LogP contribution in [0.2, 0.25) is 0 Å². The maximum Gasteiger partial charge on any atom is 0.252 e. The number of aromatic nitrogens is 1. The third kappa shape index (κ3) is 2.54. The maximum atomic E-state index is 12.2. The van der Waals surface area contributed by atoms with E-state index in [1.165, 1.54) is 0 Å². The number of benzene rings is 1. The Labute approximate surface area is 107 Å². The summed E-state index contributed by atoms with van der Waals surface area (Å²) in [5.74, 6) is -0.0518. The van der Waals surface area contributed by atoms with Gasteiger partial charge in [0.1, 0.15) is 0 Å². The number of rotatable bonds is 5. The normalized spacial score (nSPS) is 12.6. The molecule has 2 aromatic rings. The summed E-state index contributed by atoms with van der Waals surface area (Å²) in [6, 6.07) is 7.65. The van der Waals surface area contributed by atoms with Crippen molar-refractivity contribution in [3.8, 4) is 0 Å². The van der Waals surface area contributed by atoms with Crippen LogP contribution in [-0.4, -0.2) is 23.5 Å². The van der Waals surface area contributed by atoms with Gasteiger partial charge in [0.2, 0.25) is 0 Å². The highest BCUT2D eigenvalue weighted by molar-refractivity contribution is 6.06. The summed E-state index contributed by atoms with van der Waals surface area (Å²) in [5, 5.41) is 3.93. The molecule has 1 aromatic heterocycles. The molecule has 0 aliphatic carbocycles. The van der Waals surface area contributed by atoms with Crippen LogP contribution >= 0.6 is 0 Å². The highest BCUT2D eigenvalue weighted by Gasteiger charge is 2.14. The molecular formula is C14H19N3O. The van der Waals surface area contributed by atoms with Crippen molar-refractivity contribution in [2.75, 3.05) is 6.54 Å². The molecule has 0 radical (unpaired) electrons. The van der Waals surface area contributed by atoms with Crippen molar-refractivity contribution in [3.63, 3.8) is 0 Å². The van der Waals surface area contributed by atoms with E-state index in [0.29, 0.717) is 12.1 Å². The molecule has 0 saturated heterocycles. The van der Waals surface area contributed by atoms with Gasteiger partial charge in [-0.15, -0.1) is 0 Å². The van der Waals surface area contributed by atoms with E-state index in [9.17, 15) is 4.79 Å². The largest absolute Gasteiger partial charge is 0.361 e. The van der Waals surface area contributed by atoms with E-state index in [0.717, 1.165) is 23.7 Å². The SMILES string of the molecule is CCCC(CN)NC(=O)c1cccc2[nH]ccc12. The Morgan fingerprint density at radius 2 is 2.28 bits per heavy atom. The second-order valence-electron chi connectivity index (χ2n) is 4.44. The molecule has 2 rings (SSSR count). The Kier molecular flexibility index (Phi) is 3.99. The van der Waals surface area contributed by atoms with E-state index in [1.807, 2.05) is 30.5 Å². The van der Waals surface area contributed by atoms with Crippen LogP contribution in [0, 0.1) is 0 Å². The lowest BCUT2D eigenvalue weighted by atomic mass is 10.1. The zero-order valence-corrected chi connectivity index (χ0v) is 10.6. The number of aromatic amines is 1. The average molecular weight is 245 g/mol. The quantitative estimate of drug-likeness (QED) is 0.754. The van der Waals surface area contributed by atoms with E-state index in [2.05, 4.69) is 17.2 Å². The van der Waals surface area contributed by atoms with Crippen LogP contribution in [0.15, 0.2) is 30.5 Å². The van der Waals surface area contributed by atoms with E-state index in [4.69, 9.17) is 5.73 Å². The van der Waals surface area contributed by atoms with Crippen LogP contribution in [0.5, 0.6) is 0 Å². The van der Waals surface area contributed by atoms with Crippen molar-refractivity contribution < 1.29 is 4.79 Å². The molecule has 4 N–H and O–H groups in total. The zero-order chi connectivity index (χ0) is 13.0. The van der Waals surface area contributed by atoms with Crippen LogP contribution in [0.4, 0.5) is 0 Å². The Balaban J connectivity index is 2.20. The van der Waals surface area contributed by atoms with Crippen LogP contribution < -0.4 is 11.1 Å². The number of fused-ring (bicyclic) bond motifs is 1. The van der Waals surface area contributed by atoms with Gasteiger partial charge >= 0.3 is 0 Å². The molecule has 1 atom stereocenters. The van der Waals surface area contributed by atoms with Gasteiger partial charge in [-0.2, -0.15) is 0 Å². The Bertz CT molecular complexity index is 533. The summed E-state index contributed by atoms with van der Waals surface area (Å²) in [4.78, 5) is 15.3. The highest BCUT2D eigenvalue weighted by atomic mass is 16.1. The van der Waals surface area contributed by atoms with Gasteiger partial charge < -0.3 is 16.0 Å². The first-order chi connectivity index (χ1) is 8.76.